The second-order valence-corrected chi connectivity index (χ2v) is 5.03. The van der Waals surface area contributed by atoms with Gasteiger partial charge in [-0.25, -0.2) is 4.39 Å². The van der Waals surface area contributed by atoms with E-state index in [1.165, 1.54) is 38.1 Å². The number of ether oxygens (including phenoxy) is 1. The molecule has 0 spiro atoms. The molecule has 1 aliphatic rings. The van der Waals surface area contributed by atoms with Crippen LogP contribution in [0.3, 0.4) is 0 Å². The molecule has 0 amide bonds. The van der Waals surface area contributed by atoms with E-state index in [1.807, 2.05) is 7.05 Å². The predicted molar refractivity (Wildman–Crippen MR) is 74.9 cm³/mol. The van der Waals surface area contributed by atoms with Crippen LogP contribution in [0.15, 0.2) is 18.2 Å². The third-order valence-electron chi connectivity index (χ3n) is 3.46. The molecule has 1 heterocycles. The summed E-state index contributed by atoms with van der Waals surface area (Å²) in [5.41, 5.74) is 0.878. The van der Waals surface area contributed by atoms with E-state index in [0.717, 1.165) is 24.3 Å². The molecule has 1 aliphatic heterocycles. The lowest BCUT2D eigenvalue weighted by Gasteiger charge is -2.15. The highest BCUT2D eigenvalue weighted by Crippen LogP contribution is 2.20. The number of benzene rings is 1. The maximum absolute atomic E-state index is 13.2. The van der Waals surface area contributed by atoms with Crippen LogP contribution in [0, 0.1) is 5.82 Å². The molecular weight excluding hydrogens is 243 g/mol. The van der Waals surface area contributed by atoms with Crippen LogP contribution in [0.2, 0.25) is 0 Å². The fourth-order valence-electron chi connectivity index (χ4n) is 2.49. The molecule has 0 aromatic heterocycles. The van der Waals surface area contributed by atoms with Crippen LogP contribution in [0.5, 0.6) is 5.75 Å². The highest BCUT2D eigenvalue weighted by molar-refractivity contribution is 5.33. The van der Waals surface area contributed by atoms with Gasteiger partial charge < -0.3 is 15.0 Å². The average molecular weight is 266 g/mol. The van der Waals surface area contributed by atoms with Crippen LogP contribution in [0.4, 0.5) is 4.39 Å². The summed E-state index contributed by atoms with van der Waals surface area (Å²) in [6.45, 7) is 4.86. The van der Waals surface area contributed by atoms with E-state index in [9.17, 15) is 4.39 Å². The third-order valence-corrected chi connectivity index (χ3v) is 3.46. The van der Waals surface area contributed by atoms with Crippen molar-refractivity contribution in [2.45, 2.75) is 25.8 Å². The van der Waals surface area contributed by atoms with Crippen molar-refractivity contribution >= 4 is 0 Å². The highest BCUT2D eigenvalue weighted by Gasteiger charge is 2.10. The number of rotatable bonds is 7. The zero-order chi connectivity index (χ0) is 13.5. The fourth-order valence-corrected chi connectivity index (χ4v) is 2.49. The highest BCUT2D eigenvalue weighted by atomic mass is 19.1. The van der Waals surface area contributed by atoms with Gasteiger partial charge in [-0.3, -0.25) is 0 Å². The van der Waals surface area contributed by atoms with E-state index in [-0.39, 0.29) is 5.82 Å². The molecule has 0 radical (unpaired) electrons. The molecule has 4 heteroatoms. The Balaban J connectivity index is 1.77. The van der Waals surface area contributed by atoms with E-state index in [2.05, 4.69) is 10.2 Å². The maximum atomic E-state index is 13.2. The lowest BCUT2D eigenvalue weighted by Crippen LogP contribution is -2.22. The molecule has 0 bridgehead atoms. The summed E-state index contributed by atoms with van der Waals surface area (Å²) in [5.74, 6) is 0.576. The van der Waals surface area contributed by atoms with Gasteiger partial charge in [-0.05, 0) is 57.6 Å². The Labute approximate surface area is 114 Å². The second kappa shape index (κ2) is 7.46. The molecule has 0 atom stereocenters. The summed E-state index contributed by atoms with van der Waals surface area (Å²) in [6, 6.07) is 4.71. The van der Waals surface area contributed by atoms with E-state index in [0.29, 0.717) is 13.2 Å². The number of halogens is 1. The van der Waals surface area contributed by atoms with Crippen LogP contribution in [0.25, 0.3) is 0 Å². The Morgan fingerprint density at radius 2 is 2.11 bits per heavy atom. The van der Waals surface area contributed by atoms with Gasteiger partial charge in [0.2, 0.25) is 0 Å². The van der Waals surface area contributed by atoms with Crippen LogP contribution in [-0.2, 0) is 6.54 Å². The van der Waals surface area contributed by atoms with Crippen molar-refractivity contribution in [3.05, 3.63) is 29.6 Å². The minimum absolute atomic E-state index is 0.213. The first-order chi connectivity index (χ1) is 9.29. The van der Waals surface area contributed by atoms with Crippen molar-refractivity contribution < 1.29 is 9.13 Å². The number of nitrogens with one attached hydrogen (secondary N) is 1. The van der Waals surface area contributed by atoms with E-state index < -0.39 is 0 Å². The zero-order valence-electron chi connectivity index (χ0n) is 11.6. The smallest absolute Gasteiger partial charge is 0.123 e. The summed E-state index contributed by atoms with van der Waals surface area (Å²) in [6.07, 6.45) is 3.67. The molecule has 0 aliphatic carbocycles. The molecule has 1 aromatic carbocycles. The van der Waals surface area contributed by atoms with E-state index >= 15 is 0 Å². The predicted octanol–water partition coefficient (Wildman–Crippen LogP) is 2.41. The zero-order valence-corrected chi connectivity index (χ0v) is 11.6. The molecule has 106 valence electrons. The lowest BCUT2D eigenvalue weighted by molar-refractivity contribution is 0.261. The first-order valence-corrected chi connectivity index (χ1v) is 7.08. The van der Waals surface area contributed by atoms with Crippen molar-refractivity contribution in [3.8, 4) is 5.75 Å². The third kappa shape index (κ3) is 4.48. The Bertz CT molecular complexity index is 392. The van der Waals surface area contributed by atoms with Gasteiger partial charge in [0.25, 0.3) is 0 Å². The topological polar surface area (TPSA) is 24.5 Å². The molecule has 2 rings (SSSR count). The SMILES string of the molecule is CNCc1cc(F)ccc1OCCCN1CCCC1. The van der Waals surface area contributed by atoms with Gasteiger partial charge >= 0.3 is 0 Å². The van der Waals surface area contributed by atoms with Crippen molar-refractivity contribution in [3.63, 3.8) is 0 Å². The van der Waals surface area contributed by atoms with Gasteiger partial charge in [0, 0.05) is 18.7 Å². The van der Waals surface area contributed by atoms with Crippen molar-refractivity contribution in [1.82, 2.24) is 10.2 Å². The summed E-state index contributed by atoms with van der Waals surface area (Å²) in [5, 5.41) is 3.03. The first kappa shape index (κ1) is 14.3. The Kier molecular flexibility index (Phi) is 5.61. The number of nitrogens with zero attached hydrogens (tertiary/aromatic N) is 1. The molecule has 0 saturated carbocycles. The molecule has 0 unspecified atom stereocenters. The Hall–Kier alpha value is -1.13. The molecule has 1 saturated heterocycles. The molecule has 1 aromatic rings. The van der Waals surface area contributed by atoms with Crippen LogP contribution in [0.1, 0.15) is 24.8 Å². The summed E-state index contributed by atoms with van der Waals surface area (Å²) in [4.78, 5) is 2.47. The first-order valence-electron chi connectivity index (χ1n) is 7.08. The largest absolute Gasteiger partial charge is 0.493 e. The standard InChI is InChI=1S/C15H23FN2O/c1-17-12-13-11-14(16)5-6-15(13)19-10-4-9-18-7-2-3-8-18/h5-6,11,17H,2-4,7-10,12H2,1H3. The monoisotopic (exact) mass is 266 g/mol. The molecule has 3 nitrogen and oxygen atoms in total. The van der Waals surface area contributed by atoms with Crippen LogP contribution in [-0.4, -0.2) is 38.2 Å². The molecule has 1 N–H and O–H groups in total. The van der Waals surface area contributed by atoms with Crippen molar-refractivity contribution in [1.29, 1.82) is 0 Å². The maximum Gasteiger partial charge on any atom is 0.123 e. The quantitative estimate of drug-likeness (QED) is 0.767. The van der Waals surface area contributed by atoms with Gasteiger partial charge in [0.1, 0.15) is 11.6 Å². The average Bonchev–Trinajstić information content (AvgIpc) is 2.90. The normalized spacial score (nSPS) is 15.9. The van der Waals surface area contributed by atoms with Crippen LogP contribution >= 0.6 is 0 Å². The minimum atomic E-state index is -0.213. The Morgan fingerprint density at radius 3 is 2.84 bits per heavy atom. The lowest BCUT2D eigenvalue weighted by atomic mass is 10.2. The van der Waals surface area contributed by atoms with Gasteiger partial charge in [0.15, 0.2) is 0 Å². The number of likely N-dealkylation sites (tertiary alicyclic amines) is 1. The van der Waals surface area contributed by atoms with E-state index in [4.69, 9.17) is 4.74 Å². The van der Waals surface area contributed by atoms with Gasteiger partial charge in [0.05, 0.1) is 6.61 Å². The summed E-state index contributed by atoms with van der Waals surface area (Å²) < 4.78 is 18.9. The minimum Gasteiger partial charge on any atom is -0.493 e. The molecule has 1 fully saturated rings. The fraction of sp³-hybridized carbons (Fsp3) is 0.600. The van der Waals surface area contributed by atoms with Gasteiger partial charge in [-0.15, -0.1) is 0 Å². The number of hydrogen-bond acceptors (Lipinski definition) is 3. The Morgan fingerprint density at radius 1 is 1.32 bits per heavy atom. The molecular formula is C15H23FN2O. The molecule has 19 heavy (non-hydrogen) atoms. The van der Waals surface area contributed by atoms with Gasteiger partial charge in [-0.1, -0.05) is 0 Å². The number of hydrogen-bond donors (Lipinski definition) is 1. The summed E-state index contributed by atoms with van der Waals surface area (Å²) in [7, 11) is 1.85. The van der Waals surface area contributed by atoms with Gasteiger partial charge in [-0.2, -0.15) is 0 Å². The van der Waals surface area contributed by atoms with Crippen LogP contribution < -0.4 is 10.1 Å². The summed E-state index contributed by atoms with van der Waals surface area (Å²) >= 11 is 0. The van der Waals surface area contributed by atoms with Crippen molar-refractivity contribution in [2.24, 2.45) is 0 Å². The van der Waals surface area contributed by atoms with Crippen molar-refractivity contribution in [2.75, 3.05) is 33.3 Å². The second-order valence-electron chi connectivity index (χ2n) is 5.03. The van der Waals surface area contributed by atoms with E-state index in [1.54, 1.807) is 6.07 Å².